The van der Waals surface area contributed by atoms with Crippen LogP contribution in [0.4, 0.5) is 5.69 Å². The van der Waals surface area contributed by atoms with Crippen LogP contribution in [0.15, 0.2) is 12.1 Å². The Hall–Kier alpha value is -1.34. The largest absolute Gasteiger partial charge is 0.391 e. The molecule has 0 aromatic heterocycles. The number of halogens is 2. The van der Waals surface area contributed by atoms with Crippen LogP contribution in [0.2, 0.25) is 10.0 Å². The van der Waals surface area contributed by atoms with Gasteiger partial charge in [0.25, 0.3) is 0 Å². The van der Waals surface area contributed by atoms with E-state index in [2.05, 4.69) is 10.6 Å². The number of nitrogens with zero attached hydrogens (tertiary/aromatic N) is 1. The first-order chi connectivity index (χ1) is 11.9. The summed E-state index contributed by atoms with van der Waals surface area (Å²) in [6.45, 7) is 1.94. The van der Waals surface area contributed by atoms with Gasteiger partial charge in [-0.2, -0.15) is 0 Å². The third kappa shape index (κ3) is 2.81. The smallest absolute Gasteiger partial charge is 0.229 e. The lowest BCUT2D eigenvalue weighted by Crippen LogP contribution is -2.44. The Balaban J connectivity index is 1.64. The predicted octanol–water partition coefficient (Wildman–Crippen LogP) is 1.39. The van der Waals surface area contributed by atoms with Gasteiger partial charge in [-0.3, -0.25) is 9.59 Å². The van der Waals surface area contributed by atoms with E-state index in [1.165, 1.54) is 0 Å². The first kappa shape index (κ1) is 17.1. The summed E-state index contributed by atoms with van der Waals surface area (Å²) in [5, 5.41) is 16.7. The summed E-state index contributed by atoms with van der Waals surface area (Å²) in [7, 11) is 0. The fourth-order valence-electron chi connectivity index (χ4n) is 4.26. The molecular formula is C17H19Cl2N3O3. The van der Waals surface area contributed by atoms with Crippen LogP contribution in [0.3, 0.4) is 0 Å². The highest BCUT2D eigenvalue weighted by molar-refractivity contribution is 6.42. The number of hydrogen-bond donors (Lipinski definition) is 3. The van der Waals surface area contributed by atoms with Crippen molar-refractivity contribution < 1.29 is 14.7 Å². The van der Waals surface area contributed by atoms with Crippen molar-refractivity contribution >= 4 is 40.7 Å². The fraction of sp³-hybridized carbons (Fsp3) is 0.529. The number of nitrogens with one attached hydrogen (secondary N) is 2. The van der Waals surface area contributed by atoms with Gasteiger partial charge in [-0.05, 0) is 24.1 Å². The van der Waals surface area contributed by atoms with Crippen molar-refractivity contribution in [3.8, 4) is 0 Å². The summed E-state index contributed by atoms with van der Waals surface area (Å²) >= 11 is 12.3. The van der Waals surface area contributed by atoms with E-state index in [0.29, 0.717) is 54.8 Å². The highest BCUT2D eigenvalue weighted by Crippen LogP contribution is 2.46. The van der Waals surface area contributed by atoms with E-state index in [1.54, 1.807) is 17.0 Å². The number of amides is 2. The van der Waals surface area contributed by atoms with Crippen LogP contribution in [0, 0.1) is 5.92 Å². The van der Waals surface area contributed by atoms with Gasteiger partial charge in [-0.1, -0.05) is 23.2 Å². The number of rotatable bonds is 1. The fourth-order valence-corrected chi connectivity index (χ4v) is 4.59. The van der Waals surface area contributed by atoms with Crippen LogP contribution in [0.25, 0.3) is 0 Å². The number of anilines is 1. The van der Waals surface area contributed by atoms with Crippen LogP contribution in [0.5, 0.6) is 0 Å². The normalized spacial score (nSPS) is 31.3. The molecule has 3 atom stereocenters. The molecule has 0 unspecified atom stereocenters. The maximum atomic E-state index is 12.8. The molecule has 1 aromatic rings. The van der Waals surface area contributed by atoms with Gasteiger partial charge in [0.05, 0.1) is 22.1 Å². The zero-order valence-electron chi connectivity index (χ0n) is 13.5. The molecule has 0 saturated carbocycles. The Bertz CT molecular complexity index is 757. The van der Waals surface area contributed by atoms with Gasteiger partial charge in [-0.15, -0.1) is 0 Å². The Morgan fingerprint density at radius 2 is 2.04 bits per heavy atom. The second-order valence-corrected chi connectivity index (χ2v) is 7.97. The maximum Gasteiger partial charge on any atom is 0.229 e. The highest BCUT2D eigenvalue weighted by atomic mass is 35.5. The van der Waals surface area contributed by atoms with Gasteiger partial charge in [0.1, 0.15) is 0 Å². The Morgan fingerprint density at radius 3 is 2.76 bits per heavy atom. The van der Waals surface area contributed by atoms with E-state index in [4.69, 9.17) is 23.2 Å². The van der Waals surface area contributed by atoms with Crippen molar-refractivity contribution in [3.05, 3.63) is 27.7 Å². The van der Waals surface area contributed by atoms with Crippen molar-refractivity contribution in [2.75, 3.05) is 31.5 Å². The van der Waals surface area contributed by atoms with E-state index in [0.717, 1.165) is 5.56 Å². The molecule has 3 aliphatic rings. The first-order valence-electron chi connectivity index (χ1n) is 8.36. The summed E-state index contributed by atoms with van der Waals surface area (Å²) in [4.78, 5) is 26.8. The molecule has 6 nitrogen and oxygen atoms in total. The SMILES string of the molecule is O=C1C[C@@]2(CCN(C(=O)[C@H]3CNC[C@H]3O)C2)c2cc(Cl)c(Cl)cc2N1. The minimum absolute atomic E-state index is 0.0537. The minimum Gasteiger partial charge on any atom is -0.391 e. The third-order valence-corrected chi connectivity index (χ3v) is 6.29. The molecule has 1 spiro atoms. The maximum absolute atomic E-state index is 12.8. The van der Waals surface area contributed by atoms with Gasteiger partial charge in [0.15, 0.2) is 0 Å². The van der Waals surface area contributed by atoms with Crippen molar-refractivity contribution in [1.82, 2.24) is 10.2 Å². The summed E-state index contributed by atoms with van der Waals surface area (Å²) in [5.41, 5.74) is 1.16. The molecule has 2 amide bonds. The molecule has 0 bridgehead atoms. The molecule has 2 fully saturated rings. The van der Waals surface area contributed by atoms with E-state index in [-0.39, 0.29) is 11.8 Å². The average Bonchev–Trinajstić information content (AvgIpc) is 3.16. The number of likely N-dealkylation sites (tertiary alicyclic amines) is 1. The van der Waals surface area contributed by atoms with Crippen molar-refractivity contribution in [2.45, 2.75) is 24.4 Å². The predicted molar refractivity (Wildman–Crippen MR) is 95.0 cm³/mol. The Kier molecular flexibility index (Phi) is 4.19. The summed E-state index contributed by atoms with van der Waals surface area (Å²) < 4.78 is 0. The van der Waals surface area contributed by atoms with E-state index in [9.17, 15) is 14.7 Å². The van der Waals surface area contributed by atoms with Gasteiger partial charge >= 0.3 is 0 Å². The second kappa shape index (κ2) is 6.13. The molecule has 0 aliphatic carbocycles. The molecule has 25 heavy (non-hydrogen) atoms. The molecule has 8 heteroatoms. The summed E-state index contributed by atoms with van der Waals surface area (Å²) in [6.07, 6.45) is 0.347. The van der Waals surface area contributed by atoms with Crippen molar-refractivity contribution in [2.24, 2.45) is 5.92 Å². The van der Waals surface area contributed by atoms with Gasteiger partial charge in [-0.25, -0.2) is 0 Å². The molecule has 3 heterocycles. The van der Waals surface area contributed by atoms with Crippen LogP contribution < -0.4 is 10.6 Å². The number of hydrogen-bond acceptors (Lipinski definition) is 4. The molecule has 1 aromatic carbocycles. The van der Waals surface area contributed by atoms with Crippen LogP contribution in [-0.2, 0) is 15.0 Å². The lowest BCUT2D eigenvalue weighted by atomic mass is 9.74. The van der Waals surface area contributed by atoms with Gasteiger partial charge < -0.3 is 20.6 Å². The standard InChI is InChI=1S/C17H19Cl2N3O3/c18-11-3-10-13(4-12(11)19)21-15(24)5-17(10)1-2-22(8-17)16(25)9-6-20-7-14(9)23/h3-4,9,14,20,23H,1-2,5-8H2,(H,21,24)/t9-,14+,17+/m0/s1. The number of fused-ring (bicyclic) bond motifs is 2. The Labute approximate surface area is 155 Å². The number of benzene rings is 1. The second-order valence-electron chi connectivity index (χ2n) is 7.16. The molecule has 3 N–H and O–H groups in total. The van der Waals surface area contributed by atoms with Gasteiger partial charge in [0.2, 0.25) is 11.8 Å². The zero-order valence-corrected chi connectivity index (χ0v) is 15.0. The quantitative estimate of drug-likeness (QED) is 0.684. The lowest BCUT2D eigenvalue weighted by molar-refractivity contribution is -0.136. The van der Waals surface area contributed by atoms with Crippen LogP contribution in [-0.4, -0.2) is 54.1 Å². The minimum atomic E-state index is -0.653. The molecule has 0 radical (unpaired) electrons. The summed E-state index contributed by atoms with van der Waals surface area (Å²) in [5.74, 6) is -0.550. The molecule has 3 aliphatic heterocycles. The monoisotopic (exact) mass is 383 g/mol. The number of carbonyl (C=O) groups excluding carboxylic acids is 2. The number of aliphatic hydroxyl groups excluding tert-OH is 1. The van der Waals surface area contributed by atoms with Crippen LogP contribution in [0.1, 0.15) is 18.4 Å². The number of aliphatic hydroxyl groups is 1. The van der Waals surface area contributed by atoms with E-state index < -0.39 is 17.4 Å². The van der Waals surface area contributed by atoms with E-state index >= 15 is 0 Å². The number of carbonyl (C=O) groups is 2. The molecular weight excluding hydrogens is 365 g/mol. The topological polar surface area (TPSA) is 81.7 Å². The Morgan fingerprint density at radius 1 is 1.28 bits per heavy atom. The van der Waals surface area contributed by atoms with Crippen LogP contribution >= 0.6 is 23.2 Å². The van der Waals surface area contributed by atoms with E-state index in [1.807, 2.05) is 0 Å². The first-order valence-corrected chi connectivity index (χ1v) is 9.12. The molecule has 134 valence electrons. The summed E-state index contributed by atoms with van der Waals surface area (Å²) in [6, 6.07) is 3.48. The zero-order chi connectivity index (χ0) is 17.8. The highest BCUT2D eigenvalue weighted by Gasteiger charge is 2.48. The van der Waals surface area contributed by atoms with Crippen molar-refractivity contribution in [3.63, 3.8) is 0 Å². The van der Waals surface area contributed by atoms with Gasteiger partial charge in [0, 0.05) is 43.7 Å². The third-order valence-electron chi connectivity index (χ3n) is 5.57. The molecule has 4 rings (SSSR count). The number of β-amino-alcohol motifs (C(OH)–C–C–N with tert-alkyl or cyclic N) is 1. The van der Waals surface area contributed by atoms with Crippen molar-refractivity contribution in [1.29, 1.82) is 0 Å². The lowest BCUT2D eigenvalue weighted by Gasteiger charge is -2.36. The average molecular weight is 384 g/mol. The molecule has 2 saturated heterocycles.